The molecule has 1 fully saturated rings. The van der Waals surface area contributed by atoms with Crippen molar-refractivity contribution in [3.63, 3.8) is 0 Å². The Balaban J connectivity index is 1.38. The molecule has 2 heterocycles. The zero-order valence-electron chi connectivity index (χ0n) is 14.7. The minimum absolute atomic E-state index is 0.0331. The predicted octanol–water partition coefficient (Wildman–Crippen LogP) is 0.333. The monoisotopic (exact) mass is 351 g/mol. The zero-order chi connectivity index (χ0) is 17.9. The molecule has 0 bridgehead atoms. The number of carbonyl (C=O) groups excluding carboxylic acids is 2. The maximum absolute atomic E-state index is 12.5. The summed E-state index contributed by atoms with van der Waals surface area (Å²) in [5.74, 6) is -0.153. The van der Waals surface area contributed by atoms with Gasteiger partial charge in [0.2, 0.25) is 5.91 Å². The van der Waals surface area contributed by atoms with Gasteiger partial charge in [-0.15, -0.1) is 0 Å². The van der Waals surface area contributed by atoms with Gasteiger partial charge in [0.15, 0.2) is 0 Å². The summed E-state index contributed by atoms with van der Waals surface area (Å²) >= 11 is 0. The molecule has 0 atom stereocenters. The van der Waals surface area contributed by atoms with E-state index in [1.807, 2.05) is 4.90 Å². The number of piperazine rings is 1. The van der Waals surface area contributed by atoms with Gasteiger partial charge in [-0.3, -0.25) is 9.59 Å². The van der Waals surface area contributed by atoms with Crippen molar-refractivity contribution in [3.8, 4) is 0 Å². The van der Waals surface area contributed by atoms with E-state index in [1.165, 1.54) is 21.2 Å². The fourth-order valence-corrected chi connectivity index (χ4v) is 3.73. The van der Waals surface area contributed by atoms with Crippen LogP contribution in [0.4, 0.5) is 0 Å². The molecule has 4 rings (SSSR count). The number of nitrogens with one attached hydrogen (secondary N) is 2. The number of rotatable bonds is 3. The number of hydrogen-bond donors (Lipinski definition) is 2. The lowest BCUT2D eigenvalue weighted by Crippen LogP contribution is -3.13. The first-order valence-electron chi connectivity index (χ1n) is 9.15. The van der Waals surface area contributed by atoms with Crippen LogP contribution in [-0.4, -0.2) is 48.6 Å². The van der Waals surface area contributed by atoms with Crippen LogP contribution in [0, 0.1) is 0 Å². The van der Waals surface area contributed by atoms with E-state index < -0.39 is 0 Å². The van der Waals surface area contributed by atoms with E-state index in [-0.39, 0.29) is 11.8 Å². The number of benzene rings is 2. The van der Waals surface area contributed by atoms with Crippen LogP contribution in [0.1, 0.15) is 18.4 Å². The number of hydrazone groups is 1. The molecule has 0 saturated carbocycles. The largest absolute Gasteiger partial charge is 0.328 e. The fourth-order valence-electron chi connectivity index (χ4n) is 3.73. The lowest BCUT2D eigenvalue weighted by molar-refractivity contribution is -0.917. The lowest BCUT2D eigenvalue weighted by atomic mass is 10.0. The average molecular weight is 351 g/mol. The molecule has 0 radical (unpaired) electrons. The van der Waals surface area contributed by atoms with Crippen LogP contribution in [0.5, 0.6) is 0 Å². The smallest absolute Gasteiger partial charge is 0.270 e. The zero-order valence-corrected chi connectivity index (χ0v) is 14.7. The number of hydrogen-bond acceptors (Lipinski definition) is 3. The minimum atomic E-state index is -0.120. The van der Waals surface area contributed by atoms with Gasteiger partial charge in [0.05, 0.1) is 26.2 Å². The first kappa shape index (κ1) is 16.7. The summed E-state index contributed by atoms with van der Waals surface area (Å²) in [6.45, 7) is 4.28. The molecule has 0 spiro atoms. The van der Waals surface area contributed by atoms with Gasteiger partial charge in [-0.1, -0.05) is 42.5 Å². The van der Waals surface area contributed by atoms with Crippen LogP contribution in [0.15, 0.2) is 47.6 Å². The third kappa shape index (κ3) is 3.46. The Labute approximate surface area is 152 Å². The van der Waals surface area contributed by atoms with Crippen molar-refractivity contribution in [1.29, 1.82) is 0 Å². The SMILES string of the molecule is O=C1CCC(C(=O)N2CC[NH+](Cc3cccc4ccccc34)CC2)=NN1. The van der Waals surface area contributed by atoms with E-state index in [0.29, 0.717) is 18.6 Å². The highest BCUT2D eigenvalue weighted by Gasteiger charge is 2.28. The number of carbonyl (C=O) groups is 2. The second kappa shape index (κ2) is 7.25. The molecule has 2 amide bonds. The molecule has 134 valence electrons. The minimum Gasteiger partial charge on any atom is -0.328 e. The quantitative estimate of drug-likeness (QED) is 0.837. The Morgan fingerprint density at radius 1 is 1.08 bits per heavy atom. The van der Waals surface area contributed by atoms with E-state index in [0.717, 1.165) is 32.7 Å². The molecule has 0 unspecified atom stereocenters. The first-order valence-corrected chi connectivity index (χ1v) is 9.15. The van der Waals surface area contributed by atoms with Crippen LogP contribution < -0.4 is 10.3 Å². The van der Waals surface area contributed by atoms with Gasteiger partial charge in [0.1, 0.15) is 12.3 Å². The molecule has 2 aliphatic heterocycles. The van der Waals surface area contributed by atoms with Gasteiger partial charge in [-0.05, 0) is 10.8 Å². The summed E-state index contributed by atoms with van der Waals surface area (Å²) in [4.78, 5) is 27.1. The molecule has 26 heavy (non-hydrogen) atoms. The Hall–Kier alpha value is -2.73. The van der Waals surface area contributed by atoms with Crippen molar-refractivity contribution in [1.82, 2.24) is 10.3 Å². The van der Waals surface area contributed by atoms with Gasteiger partial charge in [0, 0.05) is 18.4 Å². The molecular weight excluding hydrogens is 328 g/mol. The number of nitrogens with zero attached hydrogens (tertiary/aromatic N) is 2. The van der Waals surface area contributed by atoms with Crippen LogP contribution in [0.2, 0.25) is 0 Å². The summed E-state index contributed by atoms with van der Waals surface area (Å²) in [7, 11) is 0. The van der Waals surface area contributed by atoms with Gasteiger partial charge < -0.3 is 9.80 Å². The summed E-state index contributed by atoms with van der Waals surface area (Å²) < 4.78 is 0. The molecule has 2 aromatic rings. The summed E-state index contributed by atoms with van der Waals surface area (Å²) in [6.07, 6.45) is 0.782. The predicted molar refractivity (Wildman–Crippen MR) is 99.7 cm³/mol. The van der Waals surface area contributed by atoms with Crippen molar-refractivity contribution in [2.45, 2.75) is 19.4 Å². The summed E-state index contributed by atoms with van der Waals surface area (Å²) in [5.41, 5.74) is 4.24. The summed E-state index contributed by atoms with van der Waals surface area (Å²) in [5, 5.41) is 6.51. The Morgan fingerprint density at radius 3 is 2.62 bits per heavy atom. The van der Waals surface area contributed by atoms with E-state index in [9.17, 15) is 9.59 Å². The summed E-state index contributed by atoms with van der Waals surface area (Å²) in [6, 6.07) is 14.9. The van der Waals surface area contributed by atoms with Crippen molar-refractivity contribution in [2.75, 3.05) is 26.2 Å². The molecule has 2 aliphatic rings. The maximum Gasteiger partial charge on any atom is 0.270 e. The second-order valence-electron chi connectivity index (χ2n) is 6.95. The van der Waals surface area contributed by atoms with Crippen LogP contribution in [0.3, 0.4) is 0 Å². The first-order chi connectivity index (χ1) is 12.7. The molecule has 6 nitrogen and oxygen atoms in total. The Kier molecular flexibility index (Phi) is 4.67. The topological polar surface area (TPSA) is 66.2 Å². The number of quaternary nitrogens is 1. The average Bonchev–Trinajstić information content (AvgIpc) is 2.69. The van der Waals surface area contributed by atoms with E-state index in [4.69, 9.17) is 0 Å². The molecule has 2 aromatic carbocycles. The van der Waals surface area contributed by atoms with Crippen LogP contribution in [-0.2, 0) is 16.1 Å². The highest BCUT2D eigenvalue weighted by atomic mass is 16.2. The second-order valence-corrected chi connectivity index (χ2v) is 6.95. The molecule has 1 saturated heterocycles. The third-order valence-electron chi connectivity index (χ3n) is 5.23. The number of fused-ring (bicyclic) bond motifs is 1. The highest BCUT2D eigenvalue weighted by molar-refractivity contribution is 6.39. The van der Waals surface area contributed by atoms with Crippen molar-refractivity contribution < 1.29 is 14.5 Å². The highest BCUT2D eigenvalue weighted by Crippen LogP contribution is 2.17. The molecule has 6 heteroatoms. The van der Waals surface area contributed by atoms with Gasteiger partial charge in [-0.2, -0.15) is 5.10 Å². The third-order valence-corrected chi connectivity index (χ3v) is 5.23. The fraction of sp³-hybridized carbons (Fsp3) is 0.350. The van der Waals surface area contributed by atoms with Crippen molar-refractivity contribution >= 4 is 28.3 Å². The normalized spacial score (nSPS) is 18.5. The van der Waals surface area contributed by atoms with Crippen LogP contribution in [0.25, 0.3) is 10.8 Å². The van der Waals surface area contributed by atoms with Crippen LogP contribution >= 0.6 is 0 Å². The molecule has 0 aromatic heterocycles. The Bertz CT molecular complexity index is 864. The molecule has 0 aliphatic carbocycles. The molecular formula is C20H23N4O2+. The number of amides is 2. The maximum atomic E-state index is 12.5. The van der Waals surface area contributed by atoms with Gasteiger partial charge in [0.25, 0.3) is 5.91 Å². The Morgan fingerprint density at radius 2 is 1.85 bits per heavy atom. The van der Waals surface area contributed by atoms with Crippen molar-refractivity contribution in [2.24, 2.45) is 5.10 Å². The van der Waals surface area contributed by atoms with E-state index >= 15 is 0 Å². The van der Waals surface area contributed by atoms with Crippen molar-refractivity contribution in [3.05, 3.63) is 48.0 Å². The van der Waals surface area contributed by atoms with Gasteiger partial charge in [-0.25, -0.2) is 5.43 Å². The molecule has 2 N–H and O–H groups in total. The van der Waals surface area contributed by atoms with E-state index in [2.05, 4.69) is 53.0 Å². The lowest BCUT2D eigenvalue weighted by Gasteiger charge is -2.33. The standard InChI is InChI=1S/C20H22N4O2/c25-19-9-8-18(21-22-19)20(26)24-12-10-23(11-13-24)14-16-6-3-5-15-4-1-2-7-17(15)16/h1-7H,8-14H2,(H,22,25)/p+1. The van der Waals surface area contributed by atoms with Gasteiger partial charge >= 0.3 is 0 Å². The van der Waals surface area contributed by atoms with E-state index in [1.54, 1.807) is 0 Å².